The molecule has 15 heavy (non-hydrogen) atoms. The number of rotatable bonds is 3. The summed E-state index contributed by atoms with van der Waals surface area (Å²) in [5.41, 5.74) is 0. The number of aliphatic hydroxyl groups excluding tert-OH is 1. The maximum atomic E-state index is 11.6. The van der Waals surface area contributed by atoms with Crippen molar-refractivity contribution in [1.29, 1.82) is 0 Å². The Balaban J connectivity index is 1.70. The zero-order valence-corrected chi connectivity index (χ0v) is 8.82. The highest BCUT2D eigenvalue weighted by molar-refractivity contribution is 5.78. The predicted octanol–water partition coefficient (Wildman–Crippen LogP) is -1.04. The fraction of sp³-hybridized carbons (Fsp3) is 0.900. The van der Waals surface area contributed by atoms with Crippen LogP contribution < -0.4 is 5.32 Å². The largest absolute Gasteiger partial charge is 0.389 e. The Kier molecular flexibility index (Phi) is 3.56. The van der Waals surface area contributed by atoms with Gasteiger partial charge in [0.1, 0.15) is 0 Å². The molecule has 2 aliphatic rings. The molecule has 2 heterocycles. The van der Waals surface area contributed by atoms with Gasteiger partial charge in [-0.05, 0) is 12.8 Å². The molecule has 2 aliphatic heterocycles. The lowest BCUT2D eigenvalue weighted by Crippen LogP contribution is -2.45. The summed E-state index contributed by atoms with van der Waals surface area (Å²) in [4.78, 5) is 13.5. The second kappa shape index (κ2) is 4.92. The third-order valence-electron chi connectivity index (χ3n) is 3.02. The van der Waals surface area contributed by atoms with Gasteiger partial charge in [0.15, 0.2) is 0 Å². The van der Waals surface area contributed by atoms with Gasteiger partial charge in [0.25, 0.3) is 0 Å². The summed E-state index contributed by atoms with van der Waals surface area (Å²) in [6, 6.07) is -0.0865. The first-order valence-corrected chi connectivity index (χ1v) is 5.54. The molecule has 0 bridgehead atoms. The van der Waals surface area contributed by atoms with Gasteiger partial charge in [-0.15, -0.1) is 0 Å². The van der Waals surface area contributed by atoms with Gasteiger partial charge in [0, 0.05) is 13.1 Å². The molecule has 0 aliphatic carbocycles. The molecule has 0 radical (unpaired) electrons. The van der Waals surface area contributed by atoms with E-state index in [-0.39, 0.29) is 11.9 Å². The average Bonchev–Trinajstić information content (AvgIpc) is 2.85. The number of carbonyl (C=O) groups is 1. The van der Waals surface area contributed by atoms with Crippen molar-refractivity contribution in [3.8, 4) is 0 Å². The molecule has 86 valence electrons. The standard InChI is InChI=1S/C10H18N2O3/c13-9-7-15-6-8(9)11-5-10(14)12-3-1-2-4-12/h8-9,11,13H,1-7H2. The third kappa shape index (κ3) is 2.68. The maximum absolute atomic E-state index is 11.6. The molecule has 1 amide bonds. The molecular formula is C10H18N2O3. The highest BCUT2D eigenvalue weighted by atomic mass is 16.5. The molecule has 0 spiro atoms. The number of hydrogen-bond donors (Lipinski definition) is 2. The topological polar surface area (TPSA) is 61.8 Å². The molecule has 0 saturated carbocycles. The Bertz CT molecular complexity index is 229. The van der Waals surface area contributed by atoms with Crippen LogP contribution in [0.2, 0.25) is 0 Å². The quantitative estimate of drug-likeness (QED) is 0.630. The predicted molar refractivity (Wildman–Crippen MR) is 54.4 cm³/mol. The van der Waals surface area contributed by atoms with E-state index in [2.05, 4.69) is 5.32 Å². The lowest BCUT2D eigenvalue weighted by atomic mass is 10.2. The number of carbonyl (C=O) groups excluding carboxylic acids is 1. The van der Waals surface area contributed by atoms with Crippen molar-refractivity contribution in [2.75, 3.05) is 32.8 Å². The summed E-state index contributed by atoms with van der Waals surface area (Å²) < 4.78 is 5.09. The van der Waals surface area contributed by atoms with Gasteiger partial charge in [0.05, 0.1) is 31.9 Å². The van der Waals surface area contributed by atoms with Crippen molar-refractivity contribution >= 4 is 5.91 Å². The van der Waals surface area contributed by atoms with Crippen molar-refractivity contribution in [2.24, 2.45) is 0 Å². The molecule has 0 aromatic carbocycles. The summed E-state index contributed by atoms with van der Waals surface area (Å²) in [5.74, 6) is 0.131. The molecule has 2 rings (SSSR count). The molecule has 2 fully saturated rings. The number of hydrogen-bond acceptors (Lipinski definition) is 4. The third-order valence-corrected chi connectivity index (χ3v) is 3.02. The van der Waals surface area contributed by atoms with E-state index >= 15 is 0 Å². The molecular weight excluding hydrogens is 196 g/mol. The van der Waals surface area contributed by atoms with Gasteiger partial charge in [-0.25, -0.2) is 0 Å². The van der Waals surface area contributed by atoms with Gasteiger partial charge in [0.2, 0.25) is 5.91 Å². The van der Waals surface area contributed by atoms with Crippen molar-refractivity contribution in [3.63, 3.8) is 0 Å². The normalized spacial score (nSPS) is 31.1. The van der Waals surface area contributed by atoms with E-state index in [4.69, 9.17) is 4.74 Å². The van der Waals surface area contributed by atoms with Crippen LogP contribution in [0.5, 0.6) is 0 Å². The summed E-state index contributed by atoms with van der Waals surface area (Å²) in [5, 5.41) is 12.5. The van der Waals surface area contributed by atoms with Crippen LogP contribution in [0.3, 0.4) is 0 Å². The number of likely N-dealkylation sites (tertiary alicyclic amines) is 1. The van der Waals surface area contributed by atoms with Crippen molar-refractivity contribution in [1.82, 2.24) is 10.2 Å². The minimum atomic E-state index is -0.476. The summed E-state index contributed by atoms with van der Waals surface area (Å²) in [6.07, 6.45) is 1.75. The van der Waals surface area contributed by atoms with E-state index in [1.807, 2.05) is 4.90 Å². The van der Waals surface area contributed by atoms with Crippen LogP contribution in [0, 0.1) is 0 Å². The van der Waals surface area contributed by atoms with Gasteiger partial charge in [-0.2, -0.15) is 0 Å². The summed E-state index contributed by atoms with van der Waals surface area (Å²) >= 11 is 0. The number of aliphatic hydroxyl groups is 1. The first-order valence-electron chi connectivity index (χ1n) is 5.54. The highest BCUT2D eigenvalue weighted by Gasteiger charge is 2.27. The summed E-state index contributed by atoms with van der Waals surface area (Å²) in [7, 11) is 0. The first-order chi connectivity index (χ1) is 7.27. The van der Waals surface area contributed by atoms with Crippen LogP contribution in [-0.2, 0) is 9.53 Å². The highest BCUT2D eigenvalue weighted by Crippen LogP contribution is 2.08. The monoisotopic (exact) mass is 214 g/mol. The van der Waals surface area contributed by atoms with E-state index in [9.17, 15) is 9.90 Å². The average molecular weight is 214 g/mol. The van der Waals surface area contributed by atoms with Gasteiger partial charge in [-0.1, -0.05) is 0 Å². The first kappa shape index (κ1) is 10.9. The number of nitrogens with zero attached hydrogens (tertiary/aromatic N) is 1. The number of amides is 1. The van der Waals surface area contributed by atoms with E-state index < -0.39 is 6.10 Å². The molecule has 0 aromatic heterocycles. The Morgan fingerprint density at radius 1 is 1.40 bits per heavy atom. The number of ether oxygens (including phenoxy) is 1. The fourth-order valence-corrected chi connectivity index (χ4v) is 2.03. The minimum absolute atomic E-state index is 0.0865. The Hall–Kier alpha value is -0.650. The zero-order valence-electron chi connectivity index (χ0n) is 8.82. The smallest absolute Gasteiger partial charge is 0.236 e. The van der Waals surface area contributed by atoms with Crippen molar-refractivity contribution in [3.05, 3.63) is 0 Å². The SMILES string of the molecule is O=C(CNC1COCC1O)N1CCCC1. The van der Waals surface area contributed by atoms with Crippen LogP contribution in [0.15, 0.2) is 0 Å². The molecule has 2 atom stereocenters. The molecule has 5 nitrogen and oxygen atoms in total. The van der Waals surface area contributed by atoms with Gasteiger partial charge in [-0.3, -0.25) is 4.79 Å². The summed E-state index contributed by atoms with van der Waals surface area (Å²) in [6.45, 7) is 2.93. The minimum Gasteiger partial charge on any atom is -0.389 e. The second-order valence-electron chi connectivity index (χ2n) is 4.18. The maximum Gasteiger partial charge on any atom is 0.236 e. The van der Waals surface area contributed by atoms with E-state index in [0.29, 0.717) is 19.8 Å². The van der Waals surface area contributed by atoms with Crippen LogP contribution in [0.1, 0.15) is 12.8 Å². The Labute approximate surface area is 89.4 Å². The zero-order chi connectivity index (χ0) is 10.7. The number of nitrogens with one attached hydrogen (secondary N) is 1. The van der Waals surface area contributed by atoms with E-state index in [0.717, 1.165) is 25.9 Å². The van der Waals surface area contributed by atoms with Gasteiger partial charge >= 0.3 is 0 Å². The van der Waals surface area contributed by atoms with E-state index in [1.54, 1.807) is 0 Å². The van der Waals surface area contributed by atoms with Crippen LogP contribution in [-0.4, -0.2) is 60.9 Å². The molecule has 2 saturated heterocycles. The Morgan fingerprint density at radius 2 is 2.13 bits per heavy atom. The molecule has 2 N–H and O–H groups in total. The lowest BCUT2D eigenvalue weighted by Gasteiger charge is -2.18. The fourth-order valence-electron chi connectivity index (χ4n) is 2.03. The van der Waals surface area contributed by atoms with Crippen LogP contribution in [0.25, 0.3) is 0 Å². The van der Waals surface area contributed by atoms with Crippen molar-refractivity contribution < 1.29 is 14.6 Å². The molecule has 5 heteroatoms. The van der Waals surface area contributed by atoms with Crippen LogP contribution in [0.4, 0.5) is 0 Å². The van der Waals surface area contributed by atoms with Crippen molar-refractivity contribution in [2.45, 2.75) is 25.0 Å². The molecule has 0 aromatic rings. The van der Waals surface area contributed by atoms with Crippen LogP contribution >= 0.6 is 0 Å². The lowest BCUT2D eigenvalue weighted by molar-refractivity contribution is -0.129. The second-order valence-corrected chi connectivity index (χ2v) is 4.18. The van der Waals surface area contributed by atoms with Gasteiger partial charge < -0.3 is 20.1 Å². The van der Waals surface area contributed by atoms with E-state index in [1.165, 1.54) is 0 Å². The Morgan fingerprint density at radius 3 is 2.73 bits per heavy atom. The molecule has 2 unspecified atom stereocenters.